The van der Waals surface area contributed by atoms with E-state index >= 15 is 0 Å². The molecule has 0 aromatic rings. The van der Waals surface area contributed by atoms with Crippen molar-refractivity contribution in [3.8, 4) is 0 Å². The van der Waals surface area contributed by atoms with Crippen LogP contribution in [0.5, 0.6) is 0 Å². The summed E-state index contributed by atoms with van der Waals surface area (Å²) in [5, 5.41) is 10.7. The number of hydrogen-bond donors (Lipinski definition) is 3. The van der Waals surface area contributed by atoms with E-state index in [1.807, 2.05) is 0 Å². The van der Waals surface area contributed by atoms with Crippen LogP contribution < -0.4 is 0 Å². The first-order valence-corrected chi connectivity index (χ1v) is 48.1. The van der Waals surface area contributed by atoms with E-state index in [9.17, 15) is 43.2 Å². The fourth-order valence-electron chi connectivity index (χ4n) is 13.6. The molecule has 630 valence electrons. The molecule has 17 nitrogen and oxygen atoms in total. The summed E-state index contributed by atoms with van der Waals surface area (Å²) in [6, 6.07) is 0. The highest BCUT2D eigenvalue weighted by molar-refractivity contribution is 7.47. The number of aliphatic hydroxyl groups excluding tert-OH is 1. The number of hydrogen-bond acceptors (Lipinski definition) is 15. The highest BCUT2D eigenvalue weighted by atomic mass is 31.2. The van der Waals surface area contributed by atoms with E-state index in [1.54, 1.807) is 0 Å². The average molecular weight is 1550 g/mol. The van der Waals surface area contributed by atoms with E-state index in [-0.39, 0.29) is 25.7 Å². The van der Waals surface area contributed by atoms with Gasteiger partial charge in [0.1, 0.15) is 19.3 Å². The number of aliphatic hydroxyl groups is 1. The van der Waals surface area contributed by atoms with Gasteiger partial charge in [0.05, 0.1) is 26.4 Å². The minimum Gasteiger partial charge on any atom is -0.462 e. The van der Waals surface area contributed by atoms with Crippen LogP contribution in [0.25, 0.3) is 0 Å². The zero-order chi connectivity index (χ0) is 77.6. The monoisotopic (exact) mass is 1550 g/mol. The number of carbonyl (C=O) groups excluding carboxylic acids is 4. The minimum atomic E-state index is -4.96. The molecule has 19 heteroatoms. The van der Waals surface area contributed by atoms with Crippen molar-refractivity contribution in [1.82, 2.24) is 0 Å². The van der Waals surface area contributed by atoms with Gasteiger partial charge in [0, 0.05) is 25.7 Å². The maximum absolute atomic E-state index is 13.1. The standard InChI is InChI=1S/C87H170O17P2/c1-6-9-12-15-18-21-23-25-27-29-31-33-35-41-45-49-53-58-63-68-73-87(92)104-83(77-98-85(90)71-66-61-56-51-47-43-39-37-36-38-42-46-50-54-59-64-69-80(4)5)79-102-106(95,96)100-75-81(88)74-99-105(93,94)101-78-82(76-97-84(89)70-65-60-55-20-17-14-11-8-3)103-86(91)72-67-62-57-52-48-44-40-34-32-30-28-26-24-22-19-16-13-10-7-2/h80-83,88H,6-79H2,1-5H3,(H,93,94)(H,95,96)/t81-,82+,83+/m0/s1. The summed E-state index contributed by atoms with van der Waals surface area (Å²) in [5.41, 5.74) is 0. The third-order valence-electron chi connectivity index (χ3n) is 20.5. The molecule has 0 bridgehead atoms. The number of phosphoric acid groups is 2. The third kappa shape index (κ3) is 80.1. The van der Waals surface area contributed by atoms with Gasteiger partial charge in [-0.05, 0) is 31.6 Å². The second kappa shape index (κ2) is 79.7. The SMILES string of the molecule is CCCCCCCCCCCCCCCCCCCCCCC(=O)O[C@H](COC(=O)CCCCCCCCCCCCCCCCCCC(C)C)COP(=O)(O)OC[C@@H](O)COP(=O)(O)OC[C@@H](COC(=O)CCCCCCCCCC)OC(=O)CCCCCCCCCCCCCCCCCCCCC. The molecule has 0 aromatic heterocycles. The fourth-order valence-corrected chi connectivity index (χ4v) is 15.2. The van der Waals surface area contributed by atoms with Crippen molar-refractivity contribution in [2.24, 2.45) is 5.92 Å². The predicted octanol–water partition coefficient (Wildman–Crippen LogP) is 26.8. The molecule has 0 radical (unpaired) electrons. The Morgan fingerprint density at radius 3 is 0.642 bits per heavy atom. The zero-order valence-corrected chi connectivity index (χ0v) is 71.4. The summed E-state index contributed by atoms with van der Waals surface area (Å²) in [5.74, 6) is -1.29. The Morgan fingerprint density at radius 1 is 0.255 bits per heavy atom. The fraction of sp³-hybridized carbons (Fsp3) is 0.954. The lowest BCUT2D eigenvalue weighted by atomic mass is 10.0. The van der Waals surface area contributed by atoms with Crippen LogP contribution in [-0.4, -0.2) is 96.7 Å². The quantitative estimate of drug-likeness (QED) is 0.0222. The molecule has 3 N–H and O–H groups in total. The van der Waals surface area contributed by atoms with Crippen LogP contribution in [-0.2, 0) is 65.4 Å². The summed E-state index contributed by atoms with van der Waals surface area (Å²) < 4.78 is 68.9. The molecule has 0 heterocycles. The van der Waals surface area contributed by atoms with Gasteiger partial charge in [-0.2, -0.15) is 0 Å². The Balaban J connectivity index is 5.18. The molecule has 0 aliphatic carbocycles. The summed E-state index contributed by atoms with van der Waals surface area (Å²) in [6.45, 7) is 7.38. The Morgan fingerprint density at radius 2 is 0.434 bits per heavy atom. The zero-order valence-electron chi connectivity index (χ0n) is 69.6. The molecule has 0 spiro atoms. The van der Waals surface area contributed by atoms with Crippen LogP contribution in [0.2, 0.25) is 0 Å². The Hall–Kier alpha value is -1.94. The van der Waals surface area contributed by atoms with Gasteiger partial charge in [-0.15, -0.1) is 0 Å². The van der Waals surface area contributed by atoms with Crippen molar-refractivity contribution in [2.45, 2.75) is 490 Å². The smallest absolute Gasteiger partial charge is 0.462 e. The molecule has 0 fully saturated rings. The van der Waals surface area contributed by atoms with Gasteiger partial charge < -0.3 is 33.8 Å². The number of phosphoric ester groups is 2. The molecule has 0 aliphatic rings. The summed E-state index contributed by atoms with van der Waals surface area (Å²) in [6.07, 6.45) is 73.8. The van der Waals surface area contributed by atoms with E-state index in [0.717, 1.165) is 95.8 Å². The van der Waals surface area contributed by atoms with Gasteiger partial charge in [-0.25, -0.2) is 9.13 Å². The highest BCUT2D eigenvalue weighted by Gasteiger charge is 2.30. The van der Waals surface area contributed by atoms with Crippen LogP contribution >= 0.6 is 15.6 Å². The van der Waals surface area contributed by atoms with E-state index in [2.05, 4.69) is 34.6 Å². The first-order chi connectivity index (χ1) is 51.5. The van der Waals surface area contributed by atoms with Gasteiger partial charge in [0.2, 0.25) is 0 Å². The second-order valence-electron chi connectivity index (χ2n) is 31.8. The molecular weight excluding hydrogens is 1380 g/mol. The second-order valence-corrected chi connectivity index (χ2v) is 34.7. The first kappa shape index (κ1) is 104. The number of esters is 4. The molecule has 0 aliphatic heterocycles. The predicted molar refractivity (Wildman–Crippen MR) is 437 cm³/mol. The lowest BCUT2D eigenvalue weighted by Gasteiger charge is -2.21. The molecule has 5 atom stereocenters. The molecular formula is C87H170O17P2. The summed E-state index contributed by atoms with van der Waals surface area (Å²) >= 11 is 0. The van der Waals surface area contributed by atoms with Crippen LogP contribution in [0.1, 0.15) is 471 Å². The Labute approximate surface area is 651 Å². The van der Waals surface area contributed by atoms with Crippen molar-refractivity contribution >= 4 is 39.5 Å². The highest BCUT2D eigenvalue weighted by Crippen LogP contribution is 2.45. The Kier molecular flexibility index (Phi) is 78.2. The van der Waals surface area contributed by atoms with Crippen LogP contribution in [0.4, 0.5) is 0 Å². The van der Waals surface area contributed by atoms with Crippen LogP contribution in [0, 0.1) is 5.92 Å². The largest absolute Gasteiger partial charge is 0.472 e. The van der Waals surface area contributed by atoms with Gasteiger partial charge in [0.25, 0.3) is 0 Å². The normalized spacial score (nSPS) is 13.7. The van der Waals surface area contributed by atoms with Gasteiger partial charge >= 0.3 is 39.5 Å². The van der Waals surface area contributed by atoms with Crippen molar-refractivity contribution in [3.05, 3.63) is 0 Å². The lowest BCUT2D eigenvalue weighted by molar-refractivity contribution is -0.161. The third-order valence-corrected chi connectivity index (χ3v) is 22.4. The van der Waals surface area contributed by atoms with E-state index in [4.69, 9.17) is 37.0 Å². The molecule has 0 aromatic carbocycles. The van der Waals surface area contributed by atoms with Gasteiger partial charge in [-0.1, -0.05) is 420 Å². The number of ether oxygens (including phenoxy) is 4. The summed E-state index contributed by atoms with van der Waals surface area (Å²) in [7, 11) is -9.92. The first-order valence-electron chi connectivity index (χ1n) is 45.1. The molecule has 0 saturated carbocycles. The van der Waals surface area contributed by atoms with Crippen molar-refractivity contribution in [3.63, 3.8) is 0 Å². The lowest BCUT2D eigenvalue weighted by Crippen LogP contribution is -2.30. The number of rotatable bonds is 87. The summed E-state index contributed by atoms with van der Waals surface area (Å²) in [4.78, 5) is 73.2. The molecule has 106 heavy (non-hydrogen) atoms. The maximum Gasteiger partial charge on any atom is 0.472 e. The Bertz CT molecular complexity index is 2010. The van der Waals surface area contributed by atoms with Crippen molar-refractivity contribution < 1.29 is 80.2 Å². The molecule has 0 rings (SSSR count). The van der Waals surface area contributed by atoms with E-state index in [0.29, 0.717) is 25.7 Å². The maximum atomic E-state index is 13.1. The van der Waals surface area contributed by atoms with Crippen LogP contribution in [0.3, 0.4) is 0 Å². The van der Waals surface area contributed by atoms with Crippen molar-refractivity contribution in [1.29, 1.82) is 0 Å². The van der Waals surface area contributed by atoms with E-state index < -0.39 is 97.5 Å². The molecule has 0 amide bonds. The van der Waals surface area contributed by atoms with Gasteiger partial charge in [0.15, 0.2) is 12.2 Å². The number of unbranched alkanes of at least 4 members (excludes halogenated alkanes) is 59. The van der Waals surface area contributed by atoms with Crippen LogP contribution in [0.15, 0.2) is 0 Å². The van der Waals surface area contributed by atoms with Crippen molar-refractivity contribution in [2.75, 3.05) is 39.6 Å². The van der Waals surface area contributed by atoms with Gasteiger partial charge in [-0.3, -0.25) is 37.3 Å². The van der Waals surface area contributed by atoms with E-state index in [1.165, 1.54) is 295 Å². The average Bonchev–Trinajstić information content (AvgIpc) is 0.910. The number of carbonyl (C=O) groups is 4. The topological polar surface area (TPSA) is 237 Å². The minimum absolute atomic E-state index is 0.109. The molecule has 2 unspecified atom stereocenters. The molecule has 0 saturated heterocycles.